The molecule has 2 heterocycles. The van der Waals surface area contributed by atoms with E-state index in [4.69, 9.17) is 15.6 Å². The molecule has 14 heteroatoms. The molecule has 1 saturated heterocycles. The van der Waals surface area contributed by atoms with Gasteiger partial charge in [-0.05, 0) is 87.2 Å². The summed E-state index contributed by atoms with van der Waals surface area (Å²) < 4.78 is 6.42. The van der Waals surface area contributed by atoms with Crippen molar-refractivity contribution < 1.29 is 29.0 Å². The normalized spacial score (nSPS) is 21.0. The number of likely N-dealkylation sites (N-methyl/N-ethyl adjacent to an activating group) is 1. The van der Waals surface area contributed by atoms with E-state index in [1.807, 2.05) is 32.7 Å². The second kappa shape index (κ2) is 20.4. The molecule has 1 aromatic carbocycles. The van der Waals surface area contributed by atoms with Gasteiger partial charge in [0.1, 0.15) is 28.6 Å². The Kier molecular flexibility index (Phi) is 16.3. The summed E-state index contributed by atoms with van der Waals surface area (Å²) in [6.07, 6.45) is 5.96. The quantitative estimate of drug-likeness (QED) is 0.0809. The Labute approximate surface area is 325 Å². The van der Waals surface area contributed by atoms with Gasteiger partial charge in [-0.1, -0.05) is 60.5 Å². The van der Waals surface area contributed by atoms with Gasteiger partial charge in [0, 0.05) is 37.0 Å². The minimum absolute atomic E-state index is 0.0561. The molecular weight excluding hydrogens is 707 g/mol. The number of benzene rings is 1. The summed E-state index contributed by atoms with van der Waals surface area (Å²) in [6.45, 7) is 14.3. The predicted octanol–water partition coefficient (Wildman–Crippen LogP) is 4.80. The fourth-order valence-electron chi connectivity index (χ4n) is 7.79. The van der Waals surface area contributed by atoms with Gasteiger partial charge in [0.25, 0.3) is 5.91 Å². The summed E-state index contributed by atoms with van der Waals surface area (Å²) in [7, 11) is 1.98. The molecule has 2 aromatic rings. The molecular formula is C40H63N7O6S. The lowest BCUT2D eigenvalue weighted by Gasteiger charge is -2.40. The zero-order valence-corrected chi connectivity index (χ0v) is 34.0. The molecule has 1 aliphatic heterocycles. The van der Waals surface area contributed by atoms with Crippen LogP contribution in [-0.2, 0) is 25.5 Å². The third kappa shape index (κ3) is 10.8. The minimum Gasteiger partial charge on any atom is -0.508 e. The summed E-state index contributed by atoms with van der Waals surface area (Å²) in [5.41, 5.74) is 4.02. The molecule has 1 fully saturated rings. The van der Waals surface area contributed by atoms with Gasteiger partial charge in [-0.15, -0.1) is 11.3 Å². The van der Waals surface area contributed by atoms with Crippen molar-refractivity contribution in [2.45, 2.75) is 136 Å². The Morgan fingerprint density at radius 3 is 2.52 bits per heavy atom. The van der Waals surface area contributed by atoms with Crippen molar-refractivity contribution in [1.82, 2.24) is 30.8 Å². The number of phenolic OH excluding ortho intramolecular Hbond substituents is 1. The number of hydrazine groups is 1. The molecule has 4 amide bonds. The monoisotopic (exact) mass is 769 g/mol. The molecule has 7 atom stereocenters. The third-order valence-corrected chi connectivity index (χ3v) is 12.0. The average Bonchev–Trinajstić information content (AvgIpc) is 3.66. The number of likely N-dealkylation sites (tertiary alicyclic amines) is 1. The third-order valence-electron chi connectivity index (χ3n) is 11.1. The van der Waals surface area contributed by atoms with Crippen LogP contribution < -0.4 is 21.9 Å². The Hall–Kier alpha value is -3.59. The Morgan fingerprint density at radius 2 is 1.87 bits per heavy atom. The zero-order valence-electron chi connectivity index (χ0n) is 33.2. The van der Waals surface area contributed by atoms with Crippen molar-refractivity contribution in [2.75, 3.05) is 26.7 Å². The SMILES string of the molecule is CCCO[C@H](C[C@H](C(C)C)N(CCC)C(=O)[C@@H](NC(=O)[C@H]1CCCCN1C)[C@@H](C)CC)c1nc(C(=O)N[C@H]2Cc3ccc(O)cc3[C@H](C(=O)NN)C2)cs1. The topological polar surface area (TPSA) is 179 Å². The smallest absolute Gasteiger partial charge is 0.270 e. The molecule has 1 aromatic heterocycles. The molecule has 0 radical (unpaired) electrons. The number of aromatic hydroxyl groups is 1. The first kappa shape index (κ1) is 43.1. The summed E-state index contributed by atoms with van der Waals surface area (Å²) in [5.74, 6) is 4.03. The molecule has 0 saturated carbocycles. The van der Waals surface area contributed by atoms with Crippen molar-refractivity contribution in [3.63, 3.8) is 0 Å². The number of aromatic nitrogens is 1. The minimum atomic E-state index is -0.649. The van der Waals surface area contributed by atoms with Gasteiger partial charge >= 0.3 is 0 Å². The second-order valence-electron chi connectivity index (χ2n) is 15.4. The van der Waals surface area contributed by atoms with Gasteiger partial charge < -0.3 is 25.4 Å². The number of nitrogens with one attached hydrogen (secondary N) is 3. The first-order valence-corrected chi connectivity index (χ1v) is 20.7. The number of rotatable bonds is 18. The van der Waals surface area contributed by atoms with Crippen LogP contribution in [0.3, 0.4) is 0 Å². The van der Waals surface area contributed by atoms with Gasteiger partial charge in [-0.3, -0.25) is 29.5 Å². The van der Waals surface area contributed by atoms with E-state index in [1.54, 1.807) is 23.6 Å². The molecule has 0 spiro atoms. The van der Waals surface area contributed by atoms with Crippen LogP contribution in [0.25, 0.3) is 0 Å². The number of amides is 4. The van der Waals surface area contributed by atoms with E-state index < -0.39 is 24.0 Å². The van der Waals surface area contributed by atoms with Crippen molar-refractivity contribution in [1.29, 1.82) is 0 Å². The number of fused-ring (bicyclic) bond motifs is 1. The van der Waals surface area contributed by atoms with Crippen LogP contribution in [0.15, 0.2) is 23.6 Å². The number of nitrogens with zero attached hydrogens (tertiary/aromatic N) is 3. The van der Waals surface area contributed by atoms with Crippen LogP contribution in [0.1, 0.15) is 132 Å². The molecule has 4 rings (SSSR count). The Bertz CT molecular complexity index is 1570. The molecule has 54 heavy (non-hydrogen) atoms. The number of ether oxygens (including phenoxy) is 1. The van der Waals surface area contributed by atoms with Gasteiger partial charge in [0.05, 0.1) is 12.0 Å². The highest BCUT2D eigenvalue weighted by molar-refractivity contribution is 7.09. The van der Waals surface area contributed by atoms with Crippen LogP contribution in [-0.4, -0.2) is 94.4 Å². The standard InChI is InChI=1S/C40H63N7O6S/c1-8-16-47(40(52)35(25(6)10-3)44-38(51)32-13-11-12-17-46(32)7)33(24(4)5)22-34(53-18-9-2)39-43-31(23-54-39)37(50)42-27-19-26-14-15-28(48)21-29(26)30(20-27)36(49)45-41/h14-15,21,23-25,27,30,32-35,48H,8-13,16-20,22,41H2,1-7H3,(H,42,50)(H,44,51)(H,45,49)/t25-,27-,30+,32+,33+,34+,35-/m0/s1. The summed E-state index contributed by atoms with van der Waals surface area (Å²) in [5, 5.41) is 18.7. The first-order valence-electron chi connectivity index (χ1n) is 19.8. The van der Waals surface area contributed by atoms with Crippen LogP contribution in [0.5, 0.6) is 5.75 Å². The van der Waals surface area contributed by atoms with E-state index in [9.17, 15) is 24.3 Å². The van der Waals surface area contributed by atoms with E-state index in [1.165, 1.54) is 11.3 Å². The molecule has 13 nitrogen and oxygen atoms in total. The van der Waals surface area contributed by atoms with E-state index >= 15 is 0 Å². The van der Waals surface area contributed by atoms with Gasteiger partial charge in [0.15, 0.2) is 0 Å². The molecule has 1 aliphatic carbocycles. The maximum Gasteiger partial charge on any atom is 0.270 e. The number of piperidine rings is 1. The molecule has 0 unspecified atom stereocenters. The van der Waals surface area contributed by atoms with Gasteiger partial charge in [-0.2, -0.15) is 0 Å². The van der Waals surface area contributed by atoms with Crippen molar-refractivity contribution >= 4 is 35.0 Å². The fraction of sp³-hybridized carbons (Fsp3) is 0.675. The maximum absolute atomic E-state index is 14.6. The van der Waals surface area contributed by atoms with Crippen LogP contribution in [0.2, 0.25) is 0 Å². The second-order valence-corrected chi connectivity index (χ2v) is 16.3. The number of carbonyl (C=O) groups is 4. The Balaban J connectivity index is 1.54. The van der Waals surface area contributed by atoms with Gasteiger partial charge in [-0.25, -0.2) is 10.8 Å². The van der Waals surface area contributed by atoms with Crippen molar-refractivity contribution in [3.05, 3.63) is 45.4 Å². The Morgan fingerprint density at radius 1 is 1.11 bits per heavy atom. The lowest BCUT2D eigenvalue weighted by atomic mass is 9.79. The largest absolute Gasteiger partial charge is 0.508 e. The average molecular weight is 770 g/mol. The summed E-state index contributed by atoms with van der Waals surface area (Å²) in [4.78, 5) is 63.3. The van der Waals surface area contributed by atoms with E-state index in [0.29, 0.717) is 43.0 Å². The predicted molar refractivity (Wildman–Crippen MR) is 211 cm³/mol. The maximum atomic E-state index is 14.6. The molecule has 6 N–H and O–H groups in total. The summed E-state index contributed by atoms with van der Waals surface area (Å²) >= 11 is 1.35. The first-order chi connectivity index (χ1) is 25.8. The highest BCUT2D eigenvalue weighted by Crippen LogP contribution is 2.35. The number of nitrogens with two attached hydrogens (primary N) is 1. The van der Waals surface area contributed by atoms with Crippen LogP contribution in [0.4, 0.5) is 0 Å². The number of phenols is 1. The molecule has 2 aliphatic rings. The van der Waals surface area contributed by atoms with Crippen LogP contribution in [0, 0.1) is 11.8 Å². The molecule has 0 bridgehead atoms. The van der Waals surface area contributed by atoms with E-state index in [2.05, 4.69) is 41.7 Å². The fourth-order valence-corrected chi connectivity index (χ4v) is 8.65. The number of hydrogen-bond acceptors (Lipinski definition) is 10. The molecule has 300 valence electrons. The number of thiazole rings is 1. The summed E-state index contributed by atoms with van der Waals surface area (Å²) in [6, 6.07) is 3.45. The van der Waals surface area contributed by atoms with Crippen LogP contribution >= 0.6 is 11.3 Å². The highest BCUT2D eigenvalue weighted by atomic mass is 32.1. The highest BCUT2D eigenvalue weighted by Gasteiger charge is 2.38. The lowest BCUT2D eigenvalue weighted by Crippen LogP contribution is -2.58. The zero-order chi connectivity index (χ0) is 39.5. The van der Waals surface area contributed by atoms with Crippen molar-refractivity contribution in [3.8, 4) is 5.75 Å². The van der Waals surface area contributed by atoms with Gasteiger partial charge in [0.2, 0.25) is 17.7 Å². The van der Waals surface area contributed by atoms with E-state index in [0.717, 1.165) is 50.6 Å². The van der Waals surface area contributed by atoms with Crippen molar-refractivity contribution in [2.24, 2.45) is 17.7 Å². The lowest BCUT2D eigenvalue weighted by molar-refractivity contribution is -0.143. The van der Waals surface area contributed by atoms with E-state index in [-0.39, 0.29) is 59.1 Å². The number of hydrogen-bond donors (Lipinski definition) is 5. The number of carbonyl (C=O) groups excluding carboxylic acids is 4.